The number of fused-ring (bicyclic) bond motifs is 2. The number of methoxy groups -OCH3 is 2. The quantitative estimate of drug-likeness (QED) is 0.568. The van der Waals surface area contributed by atoms with E-state index < -0.39 is 23.4 Å². The van der Waals surface area contributed by atoms with Crippen LogP contribution in [0.15, 0.2) is 21.4 Å². The molecule has 1 atom stereocenters. The number of hydrogen-bond donors (Lipinski definition) is 1. The Balaban J connectivity index is 1.85. The van der Waals surface area contributed by atoms with Gasteiger partial charge in [0.25, 0.3) is 5.56 Å². The Morgan fingerprint density at radius 3 is 2.66 bits per heavy atom. The van der Waals surface area contributed by atoms with Gasteiger partial charge in [-0.1, -0.05) is 31.0 Å². The summed E-state index contributed by atoms with van der Waals surface area (Å²) in [5.74, 6) is -1.88. The van der Waals surface area contributed by atoms with Gasteiger partial charge in [-0.25, -0.2) is 4.79 Å². The van der Waals surface area contributed by atoms with E-state index >= 15 is 0 Å². The zero-order chi connectivity index (χ0) is 20.5. The van der Waals surface area contributed by atoms with Crippen LogP contribution in [-0.2, 0) is 25.6 Å². The summed E-state index contributed by atoms with van der Waals surface area (Å²) in [7, 11) is 2.44. The first kappa shape index (κ1) is 19.8. The Kier molecular flexibility index (Phi) is 5.53. The molecule has 4 rings (SSSR count). The van der Waals surface area contributed by atoms with E-state index in [4.69, 9.17) is 14.2 Å². The van der Waals surface area contributed by atoms with Crippen molar-refractivity contribution in [1.29, 1.82) is 0 Å². The second kappa shape index (κ2) is 8.10. The number of hydrogen-bond acceptors (Lipinski definition) is 9. The summed E-state index contributed by atoms with van der Waals surface area (Å²) in [6, 6.07) is 0.100. The van der Waals surface area contributed by atoms with Crippen molar-refractivity contribution in [3.05, 3.63) is 27.4 Å². The van der Waals surface area contributed by atoms with E-state index in [1.807, 2.05) is 0 Å². The monoisotopic (exact) mass is 421 g/mol. The molecule has 10 heteroatoms. The van der Waals surface area contributed by atoms with E-state index in [-0.39, 0.29) is 28.9 Å². The van der Waals surface area contributed by atoms with Crippen LogP contribution in [-0.4, -0.2) is 47.5 Å². The van der Waals surface area contributed by atoms with Gasteiger partial charge in [0.15, 0.2) is 5.16 Å². The number of carbonyl (C=O) groups is 2. The maximum atomic E-state index is 13.1. The number of nitrogens with one attached hydrogen (secondary N) is 1. The van der Waals surface area contributed by atoms with Gasteiger partial charge in [0.2, 0.25) is 11.8 Å². The summed E-state index contributed by atoms with van der Waals surface area (Å²) in [4.78, 5) is 43.0. The van der Waals surface area contributed by atoms with Gasteiger partial charge in [-0.05, 0) is 12.8 Å². The van der Waals surface area contributed by atoms with Crippen molar-refractivity contribution in [2.45, 2.75) is 55.8 Å². The number of ether oxygens (including phenoxy) is 3. The van der Waals surface area contributed by atoms with Gasteiger partial charge >= 0.3 is 11.9 Å². The molecule has 1 fully saturated rings. The fraction of sp³-hybridized carbons (Fsp3) is 0.579. The highest BCUT2D eigenvalue weighted by Crippen LogP contribution is 2.39. The van der Waals surface area contributed by atoms with E-state index in [9.17, 15) is 14.4 Å². The number of thioether (sulfide) groups is 1. The average Bonchev–Trinajstić information content (AvgIpc) is 3.21. The molecule has 1 aromatic heterocycles. The summed E-state index contributed by atoms with van der Waals surface area (Å²) >= 11 is 1.45. The Bertz CT molecular complexity index is 935. The molecular formula is C19H23N3O6S. The highest BCUT2D eigenvalue weighted by atomic mass is 32.2. The van der Waals surface area contributed by atoms with Gasteiger partial charge in [-0.3, -0.25) is 14.2 Å². The zero-order valence-corrected chi connectivity index (χ0v) is 17.2. The van der Waals surface area contributed by atoms with Gasteiger partial charge in [0.05, 0.1) is 19.8 Å². The average molecular weight is 421 g/mol. The fourth-order valence-corrected chi connectivity index (χ4v) is 4.97. The molecule has 29 heavy (non-hydrogen) atoms. The molecule has 2 aliphatic heterocycles. The predicted octanol–water partition coefficient (Wildman–Crippen LogP) is 1.30. The Hall–Kier alpha value is -2.49. The van der Waals surface area contributed by atoms with Crippen LogP contribution >= 0.6 is 11.8 Å². The van der Waals surface area contributed by atoms with Crippen molar-refractivity contribution in [1.82, 2.24) is 14.9 Å². The molecule has 0 radical (unpaired) electrons. The predicted molar refractivity (Wildman–Crippen MR) is 104 cm³/mol. The molecule has 0 saturated heterocycles. The van der Waals surface area contributed by atoms with Crippen LogP contribution < -0.4 is 15.6 Å². The van der Waals surface area contributed by atoms with Gasteiger partial charge in [0.1, 0.15) is 11.5 Å². The molecule has 0 spiro atoms. The van der Waals surface area contributed by atoms with Crippen molar-refractivity contribution >= 4 is 23.7 Å². The van der Waals surface area contributed by atoms with E-state index in [0.717, 1.165) is 32.1 Å². The lowest BCUT2D eigenvalue weighted by atomic mass is 9.89. The lowest BCUT2D eigenvalue weighted by Gasteiger charge is -2.31. The van der Waals surface area contributed by atoms with Crippen LogP contribution in [0.4, 0.5) is 0 Å². The fourth-order valence-electron chi connectivity index (χ4n) is 4.03. The first-order valence-electron chi connectivity index (χ1n) is 9.67. The van der Waals surface area contributed by atoms with Gasteiger partial charge < -0.3 is 19.5 Å². The van der Waals surface area contributed by atoms with Crippen molar-refractivity contribution in [2.24, 2.45) is 0 Å². The van der Waals surface area contributed by atoms with Crippen LogP contribution in [0.5, 0.6) is 5.88 Å². The van der Waals surface area contributed by atoms with Crippen LogP contribution in [0, 0.1) is 0 Å². The molecule has 3 aliphatic rings. The van der Waals surface area contributed by atoms with Crippen molar-refractivity contribution in [2.75, 3.05) is 20.0 Å². The number of rotatable bonds is 4. The molecule has 0 aromatic carbocycles. The summed E-state index contributed by atoms with van der Waals surface area (Å²) in [6.45, 7) is 0.484. The molecule has 1 N–H and O–H groups in total. The summed E-state index contributed by atoms with van der Waals surface area (Å²) < 4.78 is 17.3. The number of esters is 2. The third kappa shape index (κ3) is 3.50. The number of aromatic nitrogens is 2. The van der Waals surface area contributed by atoms with E-state index in [1.54, 1.807) is 0 Å². The lowest BCUT2D eigenvalue weighted by Crippen LogP contribution is -2.41. The number of nitrogens with zero attached hydrogens (tertiary/aromatic N) is 2. The first-order chi connectivity index (χ1) is 14.0. The third-order valence-corrected chi connectivity index (χ3v) is 6.44. The van der Waals surface area contributed by atoms with Crippen LogP contribution in [0.2, 0.25) is 0 Å². The smallest absolute Gasteiger partial charge is 0.340 e. The summed E-state index contributed by atoms with van der Waals surface area (Å²) in [6.07, 6.45) is 5.15. The highest BCUT2D eigenvalue weighted by Gasteiger charge is 2.44. The van der Waals surface area contributed by atoms with E-state index in [1.165, 1.54) is 30.5 Å². The number of carbonyl (C=O) groups excluding carboxylic acids is 2. The van der Waals surface area contributed by atoms with Crippen LogP contribution in [0.1, 0.15) is 43.6 Å². The maximum Gasteiger partial charge on any atom is 0.340 e. The van der Waals surface area contributed by atoms with E-state index in [0.29, 0.717) is 17.5 Å². The van der Waals surface area contributed by atoms with Gasteiger partial charge in [0, 0.05) is 18.3 Å². The van der Waals surface area contributed by atoms with Crippen molar-refractivity contribution in [3.63, 3.8) is 0 Å². The van der Waals surface area contributed by atoms with Gasteiger partial charge in [-0.15, -0.1) is 0 Å². The molecule has 0 amide bonds. The Labute approximate surface area is 171 Å². The third-order valence-electron chi connectivity index (χ3n) is 5.48. The minimum Gasteiger partial charge on any atom is -0.468 e. The lowest BCUT2D eigenvalue weighted by molar-refractivity contribution is -0.145. The minimum absolute atomic E-state index is 0.0118. The summed E-state index contributed by atoms with van der Waals surface area (Å²) in [5.41, 5.74) is -0.441. The molecule has 1 aromatic rings. The standard InChI is InChI=1S/C19H23N3O6S/c1-26-17(24)11-12-14(21-19-22(16(12)23)8-9-29-19)28-15(13(11)18(25)27-2)20-10-6-4-3-5-7-10/h10-11,20H,3-9H2,1-2H3. The molecule has 1 saturated carbocycles. The second-order valence-electron chi connectivity index (χ2n) is 7.19. The largest absolute Gasteiger partial charge is 0.468 e. The van der Waals surface area contributed by atoms with Crippen LogP contribution in [0.3, 0.4) is 0 Å². The van der Waals surface area contributed by atoms with Gasteiger partial charge in [-0.2, -0.15) is 4.98 Å². The first-order valence-corrected chi connectivity index (χ1v) is 10.7. The molecule has 9 nitrogen and oxygen atoms in total. The minimum atomic E-state index is -1.26. The van der Waals surface area contributed by atoms with Crippen LogP contribution in [0.25, 0.3) is 0 Å². The zero-order valence-electron chi connectivity index (χ0n) is 16.4. The SMILES string of the molecule is COC(=O)C1=C(NC2CCCCC2)Oc2nc3n(c(=O)c2C1C(=O)OC)CCS3. The molecule has 156 valence electrons. The van der Waals surface area contributed by atoms with Crippen molar-refractivity contribution < 1.29 is 23.8 Å². The summed E-state index contributed by atoms with van der Waals surface area (Å²) in [5, 5.41) is 3.79. The highest BCUT2D eigenvalue weighted by molar-refractivity contribution is 7.99. The van der Waals surface area contributed by atoms with Crippen molar-refractivity contribution in [3.8, 4) is 5.88 Å². The maximum absolute atomic E-state index is 13.1. The molecule has 1 unspecified atom stereocenters. The second-order valence-corrected chi connectivity index (χ2v) is 8.25. The topological polar surface area (TPSA) is 109 Å². The Morgan fingerprint density at radius 1 is 1.21 bits per heavy atom. The molecule has 0 bridgehead atoms. The molecule has 3 heterocycles. The molecular weight excluding hydrogens is 398 g/mol. The Morgan fingerprint density at radius 2 is 1.97 bits per heavy atom. The molecule has 1 aliphatic carbocycles. The van der Waals surface area contributed by atoms with E-state index in [2.05, 4.69) is 10.3 Å². The normalized spacial score (nSPS) is 21.1.